The van der Waals surface area contributed by atoms with E-state index in [0.717, 1.165) is 12.8 Å². The smallest absolute Gasteiger partial charge is 0.0148 e. The molecule has 0 aromatic heterocycles. The topological polar surface area (TPSA) is 0 Å². The van der Waals surface area contributed by atoms with Crippen molar-refractivity contribution in [3.8, 4) is 0 Å². The van der Waals surface area contributed by atoms with E-state index in [1.807, 2.05) is 23.5 Å². The summed E-state index contributed by atoms with van der Waals surface area (Å²) in [6.07, 6.45) is 16.3. The SMILES string of the molecule is CCCCc1ccc2cc(SC)c(/C=C/c3cc4cc(CCCC)ccc4cc3SC)cc2c1. The maximum Gasteiger partial charge on any atom is 0.0148 e. The molecule has 0 radical (unpaired) electrons. The molecule has 0 fully saturated rings. The third-order valence-electron chi connectivity index (χ3n) is 6.59. The molecular formula is C32H36S2. The third kappa shape index (κ3) is 5.90. The van der Waals surface area contributed by atoms with E-state index in [1.165, 1.54) is 79.3 Å². The van der Waals surface area contributed by atoms with Crippen molar-refractivity contribution in [2.45, 2.75) is 62.2 Å². The lowest BCUT2D eigenvalue weighted by atomic mass is 9.99. The van der Waals surface area contributed by atoms with Crippen LogP contribution in [0.15, 0.2) is 70.5 Å². The molecule has 0 spiro atoms. The van der Waals surface area contributed by atoms with Gasteiger partial charge < -0.3 is 0 Å². The maximum atomic E-state index is 2.38. The Morgan fingerprint density at radius 1 is 0.559 bits per heavy atom. The molecule has 4 aromatic rings. The molecular weight excluding hydrogens is 448 g/mol. The maximum absolute atomic E-state index is 2.38. The zero-order valence-electron chi connectivity index (χ0n) is 21.0. The van der Waals surface area contributed by atoms with Crippen molar-refractivity contribution in [2.24, 2.45) is 0 Å². The lowest BCUT2D eigenvalue weighted by Gasteiger charge is -2.10. The molecule has 0 saturated heterocycles. The van der Waals surface area contributed by atoms with Crippen molar-refractivity contribution in [2.75, 3.05) is 12.5 Å². The van der Waals surface area contributed by atoms with E-state index >= 15 is 0 Å². The molecule has 0 aliphatic rings. The van der Waals surface area contributed by atoms with Gasteiger partial charge in [0.05, 0.1) is 0 Å². The second-order valence-corrected chi connectivity index (χ2v) is 10.8. The lowest BCUT2D eigenvalue weighted by Crippen LogP contribution is -1.88. The molecule has 0 N–H and O–H groups in total. The van der Waals surface area contributed by atoms with Gasteiger partial charge in [-0.25, -0.2) is 0 Å². The Kier molecular flexibility index (Phi) is 8.80. The molecule has 4 rings (SSSR count). The Hall–Kier alpha value is -2.16. The highest BCUT2D eigenvalue weighted by Gasteiger charge is 2.07. The van der Waals surface area contributed by atoms with E-state index in [4.69, 9.17) is 0 Å². The van der Waals surface area contributed by atoms with Gasteiger partial charge in [-0.05, 0) is 106 Å². The van der Waals surface area contributed by atoms with Crippen molar-refractivity contribution in [1.29, 1.82) is 0 Å². The minimum atomic E-state index is 1.16. The highest BCUT2D eigenvalue weighted by atomic mass is 32.2. The first-order valence-corrected chi connectivity index (χ1v) is 15.0. The van der Waals surface area contributed by atoms with Crippen molar-refractivity contribution in [3.05, 3.63) is 82.9 Å². The molecule has 176 valence electrons. The number of hydrogen-bond donors (Lipinski definition) is 0. The van der Waals surface area contributed by atoms with E-state index in [2.05, 4.69) is 99.2 Å². The van der Waals surface area contributed by atoms with Crippen LogP contribution < -0.4 is 0 Å². The van der Waals surface area contributed by atoms with Gasteiger partial charge in [-0.2, -0.15) is 0 Å². The summed E-state index contributed by atoms with van der Waals surface area (Å²) in [5.41, 5.74) is 5.49. The van der Waals surface area contributed by atoms with Crippen LogP contribution in [0.3, 0.4) is 0 Å². The normalized spacial score (nSPS) is 11.8. The van der Waals surface area contributed by atoms with Crippen molar-refractivity contribution < 1.29 is 0 Å². The Labute approximate surface area is 214 Å². The summed E-state index contributed by atoms with van der Waals surface area (Å²) in [5, 5.41) is 5.35. The molecule has 0 unspecified atom stereocenters. The van der Waals surface area contributed by atoms with Crippen molar-refractivity contribution in [1.82, 2.24) is 0 Å². The highest BCUT2D eigenvalue weighted by molar-refractivity contribution is 7.99. The van der Waals surface area contributed by atoms with Crippen molar-refractivity contribution in [3.63, 3.8) is 0 Å². The van der Waals surface area contributed by atoms with Gasteiger partial charge in [0.15, 0.2) is 0 Å². The average molecular weight is 485 g/mol. The first kappa shape index (κ1) is 24.9. The lowest BCUT2D eigenvalue weighted by molar-refractivity contribution is 0.796. The van der Waals surface area contributed by atoms with Crippen LogP contribution >= 0.6 is 23.5 Å². The van der Waals surface area contributed by atoms with Crippen LogP contribution in [0.5, 0.6) is 0 Å². The summed E-state index contributed by atoms with van der Waals surface area (Å²) >= 11 is 3.66. The van der Waals surface area contributed by atoms with Gasteiger partial charge in [-0.1, -0.05) is 75.2 Å². The second kappa shape index (κ2) is 12.0. The van der Waals surface area contributed by atoms with E-state index in [9.17, 15) is 0 Å². The molecule has 4 aromatic carbocycles. The van der Waals surface area contributed by atoms with Gasteiger partial charge in [0, 0.05) is 9.79 Å². The second-order valence-electron chi connectivity index (χ2n) is 9.09. The summed E-state index contributed by atoms with van der Waals surface area (Å²) in [6, 6.07) is 23.4. The van der Waals surface area contributed by atoms with Crippen LogP contribution in [-0.2, 0) is 12.8 Å². The van der Waals surface area contributed by atoms with Gasteiger partial charge in [0.2, 0.25) is 0 Å². The van der Waals surface area contributed by atoms with E-state index in [1.54, 1.807) is 0 Å². The van der Waals surface area contributed by atoms with Crippen LogP contribution in [0.25, 0.3) is 33.7 Å². The minimum absolute atomic E-state index is 1.16. The monoisotopic (exact) mass is 484 g/mol. The Morgan fingerprint density at radius 2 is 1.00 bits per heavy atom. The largest absolute Gasteiger partial charge is 0.129 e. The molecule has 34 heavy (non-hydrogen) atoms. The number of benzene rings is 4. The van der Waals surface area contributed by atoms with Gasteiger partial charge in [-0.3, -0.25) is 0 Å². The number of fused-ring (bicyclic) bond motifs is 2. The fourth-order valence-corrected chi connectivity index (χ4v) is 5.77. The summed E-state index contributed by atoms with van der Waals surface area (Å²) in [5.74, 6) is 0. The van der Waals surface area contributed by atoms with Gasteiger partial charge in [0.1, 0.15) is 0 Å². The predicted octanol–water partition coefficient (Wildman–Crippen LogP) is 10.3. The molecule has 0 nitrogen and oxygen atoms in total. The van der Waals surface area contributed by atoms with E-state index in [0.29, 0.717) is 0 Å². The van der Waals surface area contributed by atoms with Crippen LogP contribution in [0.2, 0.25) is 0 Å². The summed E-state index contributed by atoms with van der Waals surface area (Å²) < 4.78 is 0. The third-order valence-corrected chi connectivity index (χ3v) is 8.17. The molecule has 0 aliphatic carbocycles. The zero-order valence-corrected chi connectivity index (χ0v) is 22.6. The van der Waals surface area contributed by atoms with Crippen LogP contribution in [-0.4, -0.2) is 12.5 Å². The fraction of sp³-hybridized carbons (Fsp3) is 0.312. The number of rotatable bonds is 10. The highest BCUT2D eigenvalue weighted by Crippen LogP contribution is 2.32. The number of unbranched alkanes of at least 4 members (excludes halogenated alkanes) is 2. The molecule has 0 amide bonds. The van der Waals surface area contributed by atoms with Crippen LogP contribution in [0, 0.1) is 0 Å². The van der Waals surface area contributed by atoms with Crippen LogP contribution in [0.4, 0.5) is 0 Å². The molecule has 0 saturated carbocycles. The number of hydrogen-bond acceptors (Lipinski definition) is 2. The zero-order chi connectivity index (χ0) is 23.9. The first-order valence-electron chi connectivity index (χ1n) is 12.5. The molecule has 0 bridgehead atoms. The summed E-state index contributed by atoms with van der Waals surface area (Å²) in [4.78, 5) is 2.66. The molecule has 0 atom stereocenters. The minimum Gasteiger partial charge on any atom is -0.129 e. The molecule has 2 heteroatoms. The Balaban J connectivity index is 1.71. The quantitative estimate of drug-likeness (QED) is 0.162. The van der Waals surface area contributed by atoms with Gasteiger partial charge in [0.25, 0.3) is 0 Å². The molecule has 0 heterocycles. The standard InChI is InChI=1S/C32H36S2/c1-5-7-9-23-11-13-25-21-31(33-3)27(19-29(25)17-23)15-16-28-20-30-18-24(10-8-6-2)12-14-26(30)22-32(28)34-4/h11-22H,5-10H2,1-4H3/b16-15+. The van der Waals surface area contributed by atoms with E-state index < -0.39 is 0 Å². The summed E-state index contributed by atoms with van der Waals surface area (Å²) in [7, 11) is 0. The van der Waals surface area contributed by atoms with Crippen LogP contribution in [0.1, 0.15) is 61.8 Å². The Bertz CT molecular complexity index is 1200. The Morgan fingerprint density at radius 3 is 1.38 bits per heavy atom. The fourth-order valence-electron chi connectivity index (χ4n) is 4.55. The average Bonchev–Trinajstić information content (AvgIpc) is 2.88. The molecule has 0 aliphatic heterocycles. The number of thioether (sulfide) groups is 2. The van der Waals surface area contributed by atoms with Gasteiger partial charge >= 0.3 is 0 Å². The van der Waals surface area contributed by atoms with Crippen molar-refractivity contribution >= 4 is 57.2 Å². The van der Waals surface area contributed by atoms with E-state index in [-0.39, 0.29) is 0 Å². The van der Waals surface area contributed by atoms with Gasteiger partial charge in [-0.15, -0.1) is 23.5 Å². The summed E-state index contributed by atoms with van der Waals surface area (Å²) in [6.45, 7) is 4.52. The first-order chi connectivity index (χ1) is 16.6. The number of aryl methyl sites for hydroxylation is 2. The predicted molar refractivity (Wildman–Crippen MR) is 158 cm³/mol.